The summed E-state index contributed by atoms with van der Waals surface area (Å²) in [5.74, 6) is 0.197. The fraction of sp³-hybridized carbons (Fsp3) is 0.235. The van der Waals surface area contributed by atoms with Gasteiger partial charge in [-0.25, -0.2) is 0 Å². The van der Waals surface area contributed by atoms with E-state index in [4.69, 9.17) is 4.74 Å². The van der Waals surface area contributed by atoms with Crippen LogP contribution in [0, 0.1) is 30.3 Å². The topological polar surface area (TPSA) is 161 Å². The van der Waals surface area contributed by atoms with Crippen LogP contribution in [0.5, 0.6) is 5.75 Å². The van der Waals surface area contributed by atoms with Crippen LogP contribution in [0.15, 0.2) is 40.8 Å². The minimum absolute atomic E-state index is 0.0525. The van der Waals surface area contributed by atoms with Gasteiger partial charge in [0.05, 0.1) is 26.7 Å². The molecule has 0 saturated heterocycles. The number of pyridine rings is 1. The molecular formula is C17H14N4O8. The molecular weight excluding hydrogens is 388 g/mol. The van der Waals surface area contributed by atoms with Crippen LogP contribution < -0.4 is 10.3 Å². The van der Waals surface area contributed by atoms with Crippen molar-refractivity contribution in [3.05, 3.63) is 82.3 Å². The molecule has 0 bridgehead atoms. The largest absolute Gasteiger partial charge is 0.483 e. The standard InChI is InChI=1S/C17H14N4O8/c1-9-15(18-8-11(20(25)26)7-13(16(18)22)21(27)28)12-6-10(19(23)24)4-5-14(12)29-17(9,2)3/h4-8H,1-3H3. The normalized spacial score (nSPS) is 14.7. The average molecular weight is 402 g/mol. The van der Waals surface area contributed by atoms with Gasteiger partial charge in [-0.05, 0) is 32.4 Å². The van der Waals surface area contributed by atoms with Crippen molar-refractivity contribution in [1.82, 2.24) is 4.57 Å². The van der Waals surface area contributed by atoms with Crippen molar-refractivity contribution in [2.45, 2.75) is 26.4 Å². The highest BCUT2D eigenvalue weighted by atomic mass is 16.6. The molecule has 12 nitrogen and oxygen atoms in total. The number of benzene rings is 1. The van der Waals surface area contributed by atoms with Gasteiger partial charge >= 0.3 is 11.2 Å². The van der Waals surface area contributed by atoms with Crippen molar-refractivity contribution >= 4 is 22.8 Å². The third kappa shape index (κ3) is 3.20. The molecule has 0 unspecified atom stereocenters. The molecule has 150 valence electrons. The Kier molecular flexibility index (Phi) is 4.41. The summed E-state index contributed by atoms with van der Waals surface area (Å²) >= 11 is 0. The van der Waals surface area contributed by atoms with E-state index in [2.05, 4.69) is 0 Å². The lowest BCUT2D eigenvalue weighted by Gasteiger charge is -2.35. The van der Waals surface area contributed by atoms with Crippen molar-refractivity contribution in [2.75, 3.05) is 0 Å². The van der Waals surface area contributed by atoms with Crippen LogP contribution in [0.25, 0.3) is 5.70 Å². The summed E-state index contributed by atoms with van der Waals surface area (Å²) in [5.41, 5.74) is -3.48. The van der Waals surface area contributed by atoms with Gasteiger partial charge < -0.3 is 4.74 Å². The van der Waals surface area contributed by atoms with Gasteiger partial charge in [-0.1, -0.05) is 0 Å². The Morgan fingerprint density at radius 2 is 1.59 bits per heavy atom. The van der Waals surface area contributed by atoms with Crippen molar-refractivity contribution in [1.29, 1.82) is 0 Å². The number of non-ortho nitro benzene ring substituents is 1. The van der Waals surface area contributed by atoms with E-state index >= 15 is 0 Å². The van der Waals surface area contributed by atoms with Gasteiger partial charge in [-0.15, -0.1) is 0 Å². The van der Waals surface area contributed by atoms with E-state index in [1.807, 2.05) is 0 Å². The second-order valence-electron chi connectivity index (χ2n) is 6.80. The average Bonchev–Trinajstić information content (AvgIpc) is 2.62. The van der Waals surface area contributed by atoms with Crippen molar-refractivity contribution in [2.24, 2.45) is 0 Å². The van der Waals surface area contributed by atoms with Crippen LogP contribution in [0.3, 0.4) is 0 Å². The minimum Gasteiger partial charge on any atom is -0.483 e. The lowest BCUT2D eigenvalue weighted by atomic mass is 9.90. The van der Waals surface area contributed by atoms with E-state index < -0.39 is 37.3 Å². The molecule has 3 rings (SSSR count). The highest BCUT2D eigenvalue weighted by Crippen LogP contribution is 2.42. The number of fused-ring (bicyclic) bond motifs is 1. The molecule has 0 saturated carbocycles. The lowest BCUT2D eigenvalue weighted by Crippen LogP contribution is -2.36. The second-order valence-corrected chi connectivity index (χ2v) is 6.80. The molecule has 1 aromatic carbocycles. The highest BCUT2D eigenvalue weighted by Gasteiger charge is 2.36. The number of ether oxygens (including phenoxy) is 1. The molecule has 0 atom stereocenters. The molecule has 12 heteroatoms. The predicted octanol–water partition coefficient (Wildman–Crippen LogP) is 3.02. The monoisotopic (exact) mass is 402 g/mol. The van der Waals surface area contributed by atoms with Crippen LogP contribution in [0.1, 0.15) is 26.3 Å². The number of hydrogen-bond acceptors (Lipinski definition) is 8. The first-order valence-electron chi connectivity index (χ1n) is 8.19. The van der Waals surface area contributed by atoms with E-state index in [0.717, 1.165) is 16.8 Å². The molecule has 0 amide bonds. The quantitative estimate of drug-likeness (QED) is 0.557. The minimum atomic E-state index is -1.11. The van der Waals surface area contributed by atoms with Crippen molar-refractivity contribution in [3.63, 3.8) is 0 Å². The van der Waals surface area contributed by atoms with Crippen molar-refractivity contribution in [3.8, 4) is 5.75 Å². The fourth-order valence-corrected chi connectivity index (χ4v) is 3.00. The molecule has 0 spiro atoms. The maximum Gasteiger partial charge on any atom is 0.341 e. The zero-order valence-corrected chi connectivity index (χ0v) is 15.4. The smallest absolute Gasteiger partial charge is 0.341 e. The highest BCUT2D eigenvalue weighted by molar-refractivity contribution is 5.78. The van der Waals surface area contributed by atoms with E-state index in [1.54, 1.807) is 20.8 Å². The molecule has 1 aromatic heterocycles. The Morgan fingerprint density at radius 3 is 2.14 bits per heavy atom. The molecule has 2 heterocycles. The van der Waals surface area contributed by atoms with Crippen molar-refractivity contribution < 1.29 is 19.5 Å². The Morgan fingerprint density at radius 1 is 0.966 bits per heavy atom. The summed E-state index contributed by atoms with van der Waals surface area (Å²) in [6, 6.07) is 4.29. The third-order valence-electron chi connectivity index (χ3n) is 4.68. The number of aromatic nitrogens is 1. The maximum atomic E-state index is 12.8. The summed E-state index contributed by atoms with van der Waals surface area (Å²) in [4.78, 5) is 44.0. The van der Waals surface area contributed by atoms with Crippen LogP contribution in [-0.4, -0.2) is 24.9 Å². The number of nitrogens with zero attached hydrogens (tertiary/aromatic N) is 4. The van der Waals surface area contributed by atoms with Crippen LogP contribution in [-0.2, 0) is 0 Å². The van der Waals surface area contributed by atoms with Crippen LogP contribution in [0.2, 0.25) is 0 Å². The lowest BCUT2D eigenvalue weighted by molar-refractivity contribution is -0.395. The second kappa shape index (κ2) is 6.51. The predicted molar refractivity (Wildman–Crippen MR) is 99.8 cm³/mol. The van der Waals surface area contributed by atoms with Crippen LogP contribution in [0.4, 0.5) is 17.1 Å². The van der Waals surface area contributed by atoms with Gasteiger partial charge in [0.1, 0.15) is 17.4 Å². The molecule has 0 radical (unpaired) electrons. The maximum absolute atomic E-state index is 12.8. The van der Waals surface area contributed by atoms with Gasteiger partial charge in [0.2, 0.25) is 0 Å². The Labute approximate surface area is 162 Å². The number of rotatable bonds is 4. The number of nitro benzene ring substituents is 1. The van der Waals surface area contributed by atoms with Gasteiger partial charge in [0.15, 0.2) is 0 Å². The molecule has 1 aliphatic heterocycles. The van der Waals surface area contributed by atoms with E-state index in [9.17, 15) is 35.1 Å². The Hall–Kier alpha value is -4.09. The fourth-order valence-electron chi connectivity index (χ4n) is 3.00. The van der Waals surface area contributed by atoms with Gasteiger partial charge in [0, 0.05) is 17.7 Å². The van der Waals surface area contributed by atoms with Gasteiger partial charge in [0.25, 0.3) is 11.4 Å². The third-order valence-corrected chi connectivity index (χ3v) is 4.68. The summed E-state index contributed by atoms with van der Waals surface area (Å²) in [5, 5.41) is 33.7. The number of nitro groups is 3. The first kappa shape index (κ1) is 19.7. The molecule has 1 aliphatic rings. The molecule has 0 fully saturated rings. The molecule has 29 heavy (non-hydrogen) atoms. The molecule has 2 aromatic rings. The van der Waals surface area contributed by atoms with E-state index in [-0.39, 0.29) is 22.7 Å². The van der Waals surface area contributed by atoms with E-state index in [0.29, 0.717) is 11.6 Å². The zero-order chi connectivity index (χ0) is 21.7. The van der Waals surface area contributed by atoms with Gasteiger partial charge in [-0.2, -0.15) is 0 Å². The first-order chi connectivity index (χ1) is 13.4. The summed E-state index contributed by atoms with van der Waals surface area (Å²) in [6.45, 7) is 4.92. The molecule has 0 N–H and O–H groups in total. The first-order valence-corrected chi connectivity index (χ1v) is 8.19. The van der Waals surface area contributed by atoms with Crippen LogP contribution >= 0.6 is 0 Å². The zero-order valence-electron chi connectivity index (χ0n) is 15.4. The molecule has 0 aliphatic carbocycles. The Bertz CT molecular complexity index is 1180. The van der Waals surface area contributed by atoms with Gasteiger partial charge in [-0.3, -0.25) is 39.7 Å². The number of hydrogen-bond donors (Lipinski definition) is 0. The van der Waals surface area contributed by atoms with E-state index in [1.165, 1.54) is 12.1 Å². The summed E-state index contributed by atoms with van der Waals surface area (Å²) in [7, 11) is 0. The summed E-state index contributed by atoms with van der Waals surface area (Å²) < 4.78 is 6.63. The Balaban J connectivity index is 2.45. The summed E-state index contributed by atoms with van der Waals surface area (Å²) in [6.07, 6.45) is 0.859. The SMILES string of the molecule is CC1=C(n2cc([N+](=O)[O-])cc([N+](=O)[O-])c2=O)c2cc([N+](=O)[O-])ccc2OC1(C)C.